The molecule has 28 heavy (non-hydrogen) atoms. The summed E-state index contributed by atoms with van der Waals surface area (Å²) >= 11 is 0. The van der Waals surface area contributed by atoms with E-state index in [1.807, 2.05) is 18.2 Å². The summed E-state index contributed by atoms with van der Waals surface area (Å²) in [5.41, 5.74) is 1.19. The van der Waals surface area contributed by atoms with Crippen LogP contribution in [0.15, 0.2) is 57.9 Å². The third-order valence-corrected chi connectivity index (χ3v) is 6.69. The van der Waals surface area contributed by atoms with Crippen LogP contribution < -0.4 is 0 Å². The van der Waals surface area contributed by atoms with Crippen LogP contribution >= 0.6 is 0 Å². The molecule has 146 valence electrons. The van der Waals surface area contributed by atoms with Gasteiger partial charge in [0.05, 0.1) is 11.3 Å². The topological polar surface area (TPSA) is 83.7 Å². The SMILES string of the molecule is O=C(Cc1noc2ccccc12)N1CCN(S(=O)(=O)c2cccc(F)c2)CC1. The molecule has 0 bridgehead atoms. The van der Waals surface area contributed by atoms with Gasteiger partial charge in [-0.25, -0.2) is 12.8 Å². The van der Waals surface area contributed by atoms with Crippen LogP contribution in [0.25, 0.3) is 11.0 Å². The van der Waals surface area contributed by atoms with Gasteiger partial charge in [0, 0.05) is 31.6 Å². The van der Waals surface area contributed by atoms with Crippen LogP contribution in [-0.2, 0) is 21.2 Å². The summed E-state index contributed by atoms with van der Waals surface area (Å²) < 4.78 is 45.2. The van der Waals surface area contributed by atoms with Crippen LogP contribution in [0.2, 0.25) is 0 Å². The molecule has 0 atom stereocenters. The minimum atomic E-state index is -3.78. The van der Waals surface area contributed by atoms with Crippen molar-refractivity contribution in [3.05, 3.63) is 60.0 Å². The fraction of sp³-hybridized carbons (Fsp3) is 0.263. The van der Waals surface area contributed by atoms with E-state index in [9.17, 15) is 17.6 Å². The predicted molar refractivity (Wildman–Crippen MR) is 99.5 cm³/mol. The Labute approximate surface area is 161 Å². The van der Waals surface area contributed by atoms with Crippen molar-refractivity contribution < 1.29 is 22.1 Å². The minimum absolute atomic E-state index is 0.0821. The van der Waals surface area contributed by atoms with Crippen LogP contribution in [0, 0.1) is 5.82 Å². The van der Waals surface area contributed by atoms with E-state index in [4.69, 9.17) is 4.52 Å². The Hall–Kier alpha value is -2.78. The van der Waals surface area contributed by atoms with Gasteiger partial charge in [-0.15, -0.1) is 0 Å². The molecule has 4 rings (SSSR count). The largest absolute Gasteiger partial charge is 0.356 e. The van der Waals surface area contributed by atoms with E-state index in [0.29, 0.717) is 11.3 Å². The number of hydrogen-bond acceptors (Lipinski definition) is 5. The molecule has 0 saturated carbocycles. The fourth-order valence-corrected chi connectivity index (χ4v) is 4.73. The molecule has 1 aliphatic heterocycles. The van der Waals surface area contributed by atoms with E-state index in [0.717, 1.165) is 11.5 Å². The lowest BCUT2D eigenvalue weighted by molar-refractivity contribution is -0.131. The lowest BCUT2D eigenvalue weighted by Gasteiger charge is -2.34. The summed E-state index contributed by atoms with van der Waals surface area (Å²) in [4.78, 5) is 14.1. The third-order valence-electron chi connectivity index (χ3n) is 4.80. The maximum atomic E-state index is 13.4. The van der Waals surface area contributed by atoms with Crippen LogP contribution in [-0.4, -0.2) is 54.9 Å². The van der Waals surface area contributed by atoms with Crippen LogP contribution in [0.5, 0.6) is 0 Å². The van der Waals surface area contributed by atoms with E-state index in [2.05, 4.69) is 5.16 Å². The Balaban J connectivity index is 1.42. The highest BCUT2D eigenvalue weighted by molar-refractivity contribution is 7.89. The van der Waals surface area contributed by atoms with Crippen LogP contribution in [0.3, 0.4) is 0 Å². The van der Waals surface area contributed by atoms with Gasteiger partial charge in [-0.1, -0.05) is 23.4 Å². The molecule has 7 nitrogen and oxygen atoms in total. The molecule has 0 aliphatic carbocycles. The monoisotopic (exact) mass is 403 g/mol. The number of halogens is 1. The first-order valence-electron chi connectivity index (χ1n) is 8.82. The second-order valence-corrected chi connectivity index (χ2v) is 8.48. The molecule has 1 fully saturated rings. The molecule has 0 spiro atoms. The van der Waals surface area contributed by atoms with E-state index >= 15 is 0 Å². The number of sulfonamides is 1. The van der Waals surface area contributed by atoms with Crippen molar-refractivity contribution in [3.63, 3.8) is 0 Å². The molecule has 3 aromatic rings. The summed E-state index contributed by atoms with van der Waals surface area (Å²) in [5.74, 6) is -0.739. The first kappa shape index (κ1) is 18.6. The number of benzene rings is 2. The average molecular weight is 403 g/mol. The first-order chi connectivity index (χ1) is 13.4. The van der Waals surface area contributed by atoms with E-state index in [1.54, 1.807) is 11.0 Å². The zero-order valence-electron chi connectivity index (χ0n) is 14.9. The number of nitrogens with zero attached hydrogens (tertiary/aromatic N) is 3. The highest BCUT2D eigenvalue weighted by Gasteiger charge is 2.30. The van der Waals surface area contributed by atoms with Gasteiger partial charge in [0.2, 0.25) is 15.9 Å². The van der Waals surface area contributed by atoms with Gasteiger partial charge < -0.3 is 9.42 Å². The molecule has 9 heteroatoms. The minimum Gasteiger partial charge on any atom is -0.356 e. The number of fused-ring (bicyclic) bond motifs is 1. The Morgan fingerprint density at radius 1 is 1.07 bits per heavy atom. The first-order valence-corrected chi connectivity index (χ1v) is 10.3. The maximum Gasteiger partial charge on any atom is 0.243 e. The summed E-state index contributed by atoms with van der Waals surface area (Å²) in [6.45, 7) is 0.848. The normalized spacial score (nSPS) is 15.8. The number of para-hydroxylation sites is 1. The molecule has 0 radical (unpaired) electrons. The number of carbonyl (C=O) groups excluding carboxylic acids is 1. The van der Waals surface area contributed by atoms with Gasteiger partial charge in [0.1, 0.15) is 11.5 Å². The summed E-state index contributed by atoms with van der Waals surface area (Å²) in [6.07, 6.45) is 0.0909. The van der Waals surface area contributed by atoms with E-state index in [1.165, 1.54) is 22.5 Å². The molecule has 2 aromatic carbocycles. The lowest BCUT2D eigenvalue weighted by atomic mass is 10.1. The van der Waals surface area contributed by atoms with E-state index in [-0.39, 0.29) is 43.4 Å². The molecule has 1 aliphatic rings. The van der Waals surface area contributed by atoms with Gasteiger partial charge >= 0.3 is 0 Å². The zero-order chi connectivity index (χ0) is 19.7. The van der Waals surface area contributed by atoms with Crippen molar-refractivity contribution in [2.45, 2.75) is 11.3 Å². The lowest BCUT2D eigenvalue weighted by Crippen LogP contribution is -2.50. The smallest absolute Gasteiger partial charge is 0.243 e. The third kappa shape index (κ3) is 3.50. The molecular weight excluding hydrogens is 385 g/mol. The number of amides is 1. The summed E-state index contributed by atoms with van der Waals surface area (Å²) in [5, 5.41) is 4.76. The van der Waals surface area contributed by atoms with Crippen molar-refractivity contribution in [2.24, 2.45) is 0 Å². The Morgan fingerprint density at radius 2 is 1.82 bits per heavy atom. The fourth-order valence-electron chi connectivity index (χ4n) is 3.28. The van der Waals surface area contributed by atoms with Gasteiger partial charge in [-0.3, -0.25) is 4.79 Å². The van der Waals surface area contributed by atoms with E-state index < -0.39 is 15.8 Å². The molecule has 1 aromatic heterocycles. The molecule has 1 amide bonds. The molecule has 0 unspecified atom stereocenters. The second-order valence-electron chi connectivity index (χ2n) is 6.54. The average Bonchev–Trinajstić information content (AvgIpc) is 3.11. The van der Waals surface area contributed by atoms with Gasteiger partial charge in [0.25, 0.3) is 0 Å². The van der Waals surface area contributed by atoms with Crippen LogP contribution in [0.1, 0.15) is 5.69 Å². The van der Waals surface area contributed by atoms with Crippen LogP contribution in [0.4, 0.5) is 4.39 Å². The Kier molecular flexibility index (Phi) is 4.86. The quantitative estimate of drug-likeness (QED) is 0.666. The number of carbonyl (C=O) groups is 1. The highest BCUT2D eigenvalue weighted by atomic mass is 32.2. The standard InChI is InChI=1S/C19H18FN3O4S/c20-14-4-3-5-15(12-14)28(25,26)23-10-8-22(9-11-23)19(24)13-17-16-6-1-2-7-18(16)27-21-17/h1-7,12H,8-11,13H2. The molecule has 1 saturated heterocycles. The summed E-state index contributed by atoms with van der Waals surface area (Å²) in [7, 11) is -3.78. The van der Waals surface area contributed by atoms with Crippen molar-refractivity contribution in [1.82, 2.24) is 14.4 Å². The Bertz CT molecular complexity index is 1120. The molecule has 0 N–H and O–H groups in total. The van der Waals surface area contributed by atoms with Gasteiger partial charge in [0.15, 0.2) is 5.58 Å². The second kappa shape index (κ2) is 7.33. The number of hydrogen-bond donors (Lipinski definition) is 0. The number of piperazine rings is 1. The maximum absolute atomic E-state index is 13.4. The zero-order valence-corrected chi connectivity index (χ0v) is 15.7. The van der Waals surface area contributed by atoms with Gasteiger partial charge in [-0.05, 0) is 30.3 Å². The van der Waals surface area contributed by atoms with Crippen molar-refractivity contribution in [3.8, 4) is 0 Å². The van der Waals surface area contributed by atoms with Crippen molar-refractivity contribution in [2.75, 3.05) is 26.2 Å². The van der Waals surface area contributed by atoms with Gasteiger partial charge in [-0.2, -0.15) is 4.31 Å². The predicted octanol–water partition coefficient (Wildman–Crippen LogP) is 2.04. The number of rotatable bonds is 4. The molecule has 2 heterocycles. The van der Waals surface area contributed by atoms with Crippen molar-refractivity contribution >= 4 is 26.9 Å². The molecular formula is C19H18FN3O4S. The number of aromatic nitrogens is 1. The summed E-state index contributed by atoms with van der Waals surface area (Å²) in [6, 6.07) is 12.2. The highest BCUT2D eigenvalue weighted by Crippen LogP contribution is 2.21. The Morgan fingerprint density at radius 3 is 2.57 bits per heavy atom. The van der Waals surface area contributed by atoms with Crippen molar-refractivity contribution in [1.29, 1.82) is 0 Å².